The van der Waals surface area contributed by atoms with E-state index in [1.807, 2.05) is 6.92 Å². The van der Waals surface area contributed by atoms with Crippen LogP contribution in [0.3, 0.4) is 0 Å². The number of hydrogen-bond donors (Lipinski definition) is 3. The van der Waals surface area contributed by atoms with Crippen LogP contribution in [-0.4, -0.2) is 23.5 Å². The van der Waals surface area contributed by atoms with Crippen molar-refractivity contribution in [1.29, 1.82) is 0 Å². The largest absolute Gasteiger partial charge is 0.481 e. The van der Waals surface area contributed by atoms with Gasteiger partial charge in [-0.2, -0.15) is 0 Å². The predicted molar refractivity (Wildman–Crippen MR) is 64.7 cm³/mol. The molecular formula is C12H16N2O3. The van der Waals surface area contributed by atoms with E-state index in [2.05, 4.69) is 5.32 Å². The Hall–Kier alpha value is -2.04. The highest BCUT2D eigenvalue weighted by Crippen LogP contribution is 2.12. The van der Waals surface area contributed by atoms with Crippen LogP contribution in [0, 0.1) is 12.8 Å². The second kappa shape index (κ2) is 5.34. The number of nitrogens with two attached hydrogens (primary N) is 1. The van der Waals surface area contributed by atoms with Gasteiger partial charge in [0.1, 0.15) is 0 Å². The molecule has 0 aliphatic heterocycles. The highest BCUT2D eigenvalue weighted by atomic mass is 16.4. The number of carboxylic acids is 1. The van der Waals surface area contributed by atoms with Crippen LogP contribution in [0.4, 0.5) is 5.69 Å². The van der Waals surface area contributed by atoms with Crippen LogP contribution in [0.1, 0.15) is 22.8 Å². The summed E-state index contributed by atoms with van der Waals surface area (Å²) >= 11 is 0. The molecule has 0 saturated heterocycles. The van der Waals surface area contributed by atoms with Crippen LogP contribution in [0.2, 0.25) is 0 Å². The molecule has 17 heavy (non-hydrogen) atoms. The lowest BCUT2D eigenvalue weighted by Gasteiger charge is -2.09. The van der Waals surface area contributed by atoms with Crippen LogP contribution in [-0.2, 0) is 4.79 Å². The van der Waals surface area contributed by atoms with Crippen molar-refractivity contribution in [3.8, 4) is 0 Å². The summed E-state index contributed by atoms with van der Waals surface area (Å²) in [5, 5.41) is 11.2. The fourth-order valence-electron chi connectivity index (χ4n) is 1.25. The molecule has 4 N–H and O–H groups in total. The van der Waals surface area contributed by atoms with Crippen LogP contribution in [0.25, 0.3) is 0 Å². The van der Waals surface area contributed by atoms with Gasteiger partial charge in [0.05, 0.1) is 5.92 Å². The van der Waals surface area contributed by atoms with E-state index >= 15 is 0 Å². The first-order chi connectivity index (χ1) is 7.91. The van der Waals surface area contributed by atoms with Crippen LogP contribution < -0.4 is 11.1 Å². The summed E-state index contributed by atoms with van der Waals surface area (Å²) in [5.41, 5.74) is 7.57. The molecule has 0 aliphatic carbocycles. The topological polar surface area (TPSA) is 92.4 Å². The van der Waals surface area contributed by atoms with Crippen molar-refractivity contribution >= 4 is 17.6 Å². The minimum Gasteiger partial charge on any atom is -0.481 e. The Morgan fingerprint density at radius 1 is 1.47 bits per heavy atom. The maximum atomic E-state index is 11.7. The zero-order valence-electron chi connectivity index (χ0n) is 9.86. The van der Waals surface area contributed by atoms with Crippen molar-refractivity contribution in [2.45, 2.75) is 13.8 Å². The number of aryl methyl sites for hydroxylation is 1. The van der Waals surface area contributed by atoms with Gasteiger partial charge in [-0.05, 0) is 30.7 Å². The molecule has 1 aromatic carbocycles. The summed E-state index contributed by atoms with van der Waals surface area (Å²) in [6.45, 7) is 3.46. The summed E-state index contributed by atoms with van der Waals surface area (Å²) in [7, 11) is 0. The molecule has 1 amide bonds. The quantitative estimate of drug-likeness (QED) is 0.681. The molecule has 1 aromatic rings. The van der Waals surface area contributed by atoms with Gasteiger partial charge in [-0.25, -0.2) is 0 Å². The summed E-state index contributed by atoms with van der Waals surface area (Å²) in [5.74, 6) is -1.83. The van der Waals surface area contributed by atoms with Gasteiger partial charge in [-0.3, -0.25) is 9.59 Å². The molecule has 92 valence electrons. The molecular weight excluding hydrogens is 220 g/mol. The van der Waals surface area contributed by atoms with Gasteiger partial charge in [0.25, 0.3) is 5.91 Å². The van der Waals surface area contributed by atoms with Gasteiger partial charge in [0.15, 0.2) is 0 Å². The van der Waals surface area contributed by atoms with Crippen molar-refractivity contribution in [3.05, 3.63) is 29.3 Å². The molecule has 0 heterocycles. The lowest BCUT2D eigenvalue weighted by atomic mass is 10.1. The van der Waals surface area contributed by atoms with Gasteiger partial charge < -0.3 is 16.2 Å². The van der Waals surface area contributed by atoms with E-state index in [1.165, 1.54) is 6.92 Å². The lowest BCUT2D eigenvalue weighted by Crippen LogP contribution is -2.31. The second-order valence-electron chi connectivity index (χ2n) is 4.02. The van der Waals surface area contributed by atoms with E-state index in [0.29, 0.717) is 11.3 Å². The number of anilines is 1. The molecule has 0 aliphatic rings. The Labute approximate surface area is 99.6 Å². The summed E-state index contributed by atoms with van der Waals surface area (Å²) in [4.78, 5) is 22.3. The Kier molecular flexibility index (Phi) is 4.09. The number of hydrogen-bond acceptors (Lipinski definition) is 3. The number of nitrogens with one attached hydrogen (secondary N) is 1. The molecule has 1 rings (SSSR count). The number of carboxylic acid groups (broad SMARTS) is 1. The Morgan fingerprint density at radius 3 is 2.65 bits per heavy atom. The zero-order chi connectivity index (χ0) is 13.0. The lowest BCUT2D eigenvalue weighted by molar-refractivity contribution is -0.140. The normalized spacial score (nSPS) is 11.9. The summed E-state index contributed by atoms with van der Waals surface area (Å²) in [6.07, 6.45) is 0. The van der Waals surface area contributed by atoms with Crippen molar-refractivity contribution in [3.63, 3.8) is 0 Å². The fourth-order valence-corrected chi connectivity index (χ4v) is 1.25. The molecule has 5 nitrogen and oxygen atoms in total. The highest BCUT2D eigenvalue weighted by molar-refractivity contribution is 5.95. The Morgan fingerprint density at radius 2 is 2.12 bits per heavy atom. The second-order valence-corrected chi connectivity index (χ2v) is 4.02. The standard InChI is InChI=1S/C12H16N2O3/c1-7-5-9(3-4-10(7)13)11(15)14-6-8(2)12(16)17/h3-5,8H,6,13H2,1-2H3,(H,14,15)(H,16,17). The first-order valence-corrected chi connectivity index (χ1v) is 5.29. The van der Waals surface area contributed by atoms with Crippen molar-refractivity contribution in [2.24, 2.45) is 5.92 Å². The Balaban J connectivity index is 2.64. The minimum absolute atomic E-state index is 0.109. The molecule has 0 fully saturated rings. The van der Waals surface area contributed by atoms with Gasteiger partial charge in [-0.15, -0.1) is 0 Å². The summed E-state index contributed by atoms with van der Waals surface area (Å²) < 4.78 is 0. The maximum Gasteiger partial charge on any atom is 0.308 e. The van der Waals surface area contributed by atoms with Crippen molar-refractivity contribution < 1.29 is 14.7 Å². The number of carbonyl (C=O) groups excluding carboxylic acids is 1. The monoisotopic (exact) mass is 236 g/mol. The molecule has 0 aromatic heterocycles. The third-order valence-electron chi connectivity index (χ3n) is 2.52. The van der Waals surface area contributed by atoms with E-state index in [9.17, 15) is 9.59 Å². The molecule has 1 atom stereocenters. The Bertz CT molecular complexity index is 443. The van der Waals surface area contributed by atoms with E-state index in [-0.39, 0.29) is 12.5 Å². The van der Waals surface area contributed by atoms with Crippen LogP contribution in [0.5, 0.6) is 0 Å². The fraction of sp³-hybridized carbons (Fsp3) is 0.333. The first kappa shape index (κ1) is 13.0. The van der Waals surface area contributed by atoms with E-state index in [1.54, 1.807) is 18.2 Å². The number of benzene rings is 1. The summed E-state index contributed by atoms with van der Waals surface area (Å²) in [6, 6.07) is 4.95. The van der Waals surface area contributed by atoms with Gasteiger partial charge in [0.2, 0.25) is 0 Å². The van der Waals surface area contributed by atoms with E-state index < -0.39 is 11.9 Å². The number of amides is 1. The third-order valence-corrected chi connectivity index (χ3v) is 2.52. The molecule has 0 saturated carbocycles. The van der Waals surface area contributed by atoms with E-state index in [0.717, 1.165) is 5.56 Å². The smallest absolute Gasteiger partial charge is 0.308 e. The van der Waals surface area contributed by atoms with Gasteiger partial charge >= 0.3 is 5.97 Å². The number of aliphatic carboxylic acids is 1. The van der Waals surface area contributed by atoms with E-state index in [4.69, 9.17) is 10.8 Å². The van der Waals surface area contributed by atoms with Gasteiger partial charge in [-0.1, -0.05) is 6.92 Å². The molecule has 1 unspecified atom stereocenters. The predicted octanol–water partition coefficient (Wildman–Crippen LogP) is 1.03. The molecule has 0 radical (unpaired) electrons. The average Bonchev–Trinajstić information content (AvgIpc) is 2.28. The zero-order valence-corrected chi connectivity index (χ0v) is 9.86. The number of rotatable bonds is 4. The molecule has 5 heteroatoms. The number of carbonyl (C=O) groups is 2. The maximum absolute atomic E-state index is 11.7. The molecule has 0 spiro atoms. The average molecular weight is 236 g/mol. The minimum atomic E-state index is -0.932. The van der Waals surface area contributed by atoms with Gasteiger partial charge in [0, 0.05) is 17.8 Å². The van der Waals surface area contributed by atoms with Crippen LogP contribution >= 0.6 is 0 Å². The molecule has 0 bridgehead atoms. The SMILES string of the molecule is Cc1cc(C(=O)NCC(C)C(=O)O)ccc1N. The first-order valence-electron chi connectivity index (χ1n) is 5.29. The van der Waals surface area contributed by atoms with Crippen molar-refractivity contribution in [1.82, 2.24) is 5.32 Å². The third kappa shape index (κ3) is 3.48. The van der Waals surface area contributed by atoms with Crippen molar-refractivity contribution in [2.75, 3.05) is 12.3 Å². The number of nitrogen functional groups attached to an aromatic ring is 1. The van der Waals surface area contributed by atoms with Crippen LogP contribution in [0.15, 0.2) is 18.2 Å². The highest BCUT2D eigenvalue weighted by Gasteiger charge is 2.13.